The summed E-state index contributed by atoms with van der Waals surface area (Å²) in [7, 11) is 0. The average Bonchev–Trinajstić information content (AvgIpc) is 3.85. The van der Waals surface area contributed by atoms with Gasteiger partial charge in [-0.15, -0.1) is 0 Å². The predicted molar refractivity (Wildman–Crippen MR) is 218 cm³/mol. The van der Waals surface area contributed by atoms with Crippen molar-refractivity contribution in [3.63, 3.8) is 0 Å². The first kappa shape index (κ1) is 27.7. The van der Waals surface area contributed by atoms with Gasteiger partial charge in [0.1, 0.15) is 17.2 Å². The first-order valence-electron chi connectivity index (χ1n) is 18.2. The summed E-state index contributed by atoms with van der Waals surface area (Å²) in [4.78, 5) is 0. The van der Waals surface area contributed by atoms with Crippen LogP contribution >= 0.6 is 0 Å². The molecule has 0 unspecified atom stereocenters. The van der Waals surface area contributed by atoms with E-state index in [9.17, 15) is 0 Å². The molecular formula is C48H27BN2O2. The Morgan fingerprint density at radius 1 is 0.415 bits per heavy atom. The van der Waals surface area contributed by atoms with Crippen LogP contribution in [0, 0.1) is 0 Å². The van der Waals surface area contributed by atoms with E-state index in [1.165, 1.54) is 65.5 Å². The lowest BCUT2D eigenvalue weighted by Gasteiger charge is -2.33. The van der Waals surface area contributed by atoms with Gasteiger partial charge in [0.2, 0.25) is 0 Å². The normalized spacial score (nSPS) is 13.2. The van der Waals surface area contributed by atoms with Gasteiger partial charge < -0.3 is 18.4 Å². The second kappa shape index (κ2) is 9.87. The van der Waals surface area contributed by atoms with E-state index in [0.717, 1.165) is 50.6 Å². The fourth-order valence-corrected chi connectivity index (χ4v) is 9.47. The zero-order chi connectivity index (χ0) is 34.4. The molecule has 2 aliphatic rings. The minimum absolute atomic E-state index is 0.287. The molecule has 0 saturated carbocycles. The van der Waals surface area contributed by atoms with Crippen LogP contribution in [0.1, 0.15) is 0 Å². The Morgan fingerprint density at radius 2 is 1.00 bits per heavy atom. The Hall–Kier alpha value is -6.98. The van der Waals surface area contributed by atoms with Crippen molar-refractivity contribution < 1.29 is 9.39 Å². The van der Waals surface area contributed by atoms with Gasteiger partial charge in [-0.2, -0.15) is 0 Å². The van der Waals surface area contributed by atoms with E-state index in [0.29, 0.717) is 0 Å². The number of hydrogen-bond acceptors (Lipinski definition) is 2. The molecule has 0 radical (unpaired) electrons. The van der Waals surface area contributed by atoms with Gasteiger partial charge in [0.25, 0.3) is 0 Å². The highest BCUT2D eigenvalue weighted by molar-refractivity contribution is 6.84. The molecule has 13 rings (SSSR count). The quantitative estimate of drug-likeness (QED) is 0.171. The van der Waals surface area contributed by atoms with Crippen LogP contribution in [0.3, 0.4) is 0 Å². The summed E-state index contributed by atoms with van der Waals surface area (Å²) in [6.07, 6.45) is 0. The number of hydrogen-bond donors (Lipinski definition) is 0. The Kier molecular flexibility index (Phi) is 5.16. The molecule has 5 heteroatoms. The fraction of sp³-hybridized carbons (Fsp3) is 0. The molecule has 8 aromatic carbocycles. The summed E-state index contributed by atoms with van der Waals surface area (Å²) < 4.78 is 18.6. The molecule has 244 valence electrons. The topological polar surface area (TPSA) is 27.8 Å². The third-order valence-electron chi connectivity index (χ3n) is 11.7. The van der Waals surface area contributed by atoms with Crippen molar-refractivity contribution in [1.82, 2.24) is 8.97 Å². The lowest BCUT2D eigenvalue weighted by Crippen LogP contribution is -2.53. The molecule has 0 fully saturated rings. The summed E-state index contributed by atoms with van der Waals surface area (Å²) in [5, 5.41) is 7.55. The molecule has 2 aliphatic heterocycles. The standard InChI is InChI=1S/C48H27BN2O2/c1-6-16-40-31(11-1)32-12-2-7-17-41(32)50(40)30-26-36-35-22-21-28(25-45(35)53-49-39-15-5-10-20-44(39)52-46(27-30)47(36)49)29-23-37-33-13-3-8-18-42(33)51-43-19-9-4-14-34(43)38(24-29)48(37)51/h1-27H. The third kappa shape index (κ3) is 3.56. The number of nitrogens with zero attached hydrogens (tertiary/aromatic N) is 2. The van der Waals surface area contributed by atoms with Gasteiger partial charge in [0.05, 0.1) is 33.3 Å². The molecule has 0 bridgehead atoms. The monoisotopic (exact) mass is 674 g/mol. The van der Waals surface area contributed by atoms with Crippen molar-refractivity contribution in [3.05, 3.63) is 164 Å². The summed E-state index contributed by atoms with van der Waals surface area (Å²) in [5.74, 6) is 2.54. The zero-order valence-corrected chi connectivity index (χ0v) is 28.4. The van der Waals surface area contributed by atoms with E-state index in [4.69, 9.17) is 9.39 Å². The maximum atomic E-state index is 7.07. The molecule has 0 N–H and O–H groups in total. The maximum Gasteiger partial charge on any atom is 0.434 e. The van der Waals surface area contributed by atoms with Crippen LogP contribution in [0.4, 0.5) is 0 Å². The highest BCUT2D eigenvalue weighted by atomic mass is 16.5. The Balaban J connectivity index is 1.06. The van der Waals surface area contributed by atoms with Crippen LogP contribution in [0.25, 0.3) is 87.8 Å². The number of fused-ring (bicyclic) bond motifs is 13. The number of ether oxygens (including phenoxy) is 1. The Morgan fingerprint density at radius 3 is 1.68 bits per heavy atom. The number of benzene rings is 8. The maximum absolute atomic E-state index is 7.07. The van der Waals surface area contributed by atoms with Crippen LogP contribution < -0.4 is 20.3 Å². The van der Waals surface area contributed by atoms with Crippen LogP contribution in [0.2, 0.25) is 0 Å². The van der Waals surface area contributed by atoms with E-state index < -0.39 is 0 Å². The largest absolute Gasteiger partial charge is 0.551 e. The van der Waals surface area contributed by atoms with Crippen LogP contribution in [-0.2, 0) is 0 Å². The van der Waals surface area contributed by atoms with Gasteiger partial charge in [0, 0.05) is 54.9 Å². The SMILES string of the molecule is c1ccc2c(c1)Oc1cc(-n3c4ccccc4c4ccccc43)cc3c1B2Oc1cc(-c2cc4c5ccccc5n5c6ccccc6c(c2)c45)ccc1-3. The number of para-hydroxylation sites is 5. The molecule has 0 spiro atoms. The minimum atomic E-state index is -0.287. The van der Waals surface area contributed by atoms with Crippen LogP contribution in [0.15, 0.2) is 164 Å². The highest BCUT2D eigenvalue weighted by Crippen LogP contribution is 2.46. The van der Waals surface area contributed by atoms with Gasteiger partial charge in [-0.25, -0.2) is 0 Å². The lowest BCUT2D eigenvalue weighted by atomic mass is 9.51. The molecule has 5 heterocycles. The van der Waals surface area contributed by atoms with Crippen molar-refractivity contribution in [2.75, 3.05) is 0 Å². The molecule has 4 nitrogen and oxygen atoms in total. The highest BCUT2D eigenvalue weighted by Gasteiger charge is 2.41. The van der Waals surface area contributed by atoms with Crippen molar-refractivity contribution in [1.29, 1.82) is 0 Å². The molecule has 3 aromatic heterocycles. The third-order valence-corrected chi connectivity index (χ3v) is 11.7. The first-order valence-corrected chi connectivity index (χ1v) is 18.2. The van der Waals surface area contributed by atoms with E-state index in [1.807, 2.05) is 12.1 Å². The smallest absolute Gasteiger partial charge is 0.434 e. The lowest BCUT2D eigenvalue weighted by molar-refractivity contribution is 0.479. The Labute approximate surface area is 304 Å². The van der Waals surface area contributed by atoms with Crippen molar-refractivity contribution >= 4 is 77.7 Å². The van der Waals surface area contributed by atoms with Crippen molar-refractivity contribution in [3.8, 4) is 45.2 Å². The summed E-state index contributed by atoms with van der Waals surface area (Å²) in [6.45, 7) is -0.287. The van der Waals surface area contributed by atoms with Crippen LogP contribution in [-0.4, -0.2) is 15.9 Å². The summed E-state index contributed by atoms with van der Waals surface area (Å²) >= 11 is 0. The molecule has 0 saturated heterocycles. The van der Waals surface area contributed by atoms with Gasteiger partial charge >= 0.3 is 6.92 Å². The summed E-state index contributed by atoms with van der Waals surface area (Å²) in [5.41, 5.74) is 13.8. The van der Waals surface area contributed by atoms with E-state index in [-0.39, 0.29) is 6.92 Å². The van der Waals surface area contributed by atoms with E-state index >= 15 is 0 Å². The number of aromatic nitrogens is 2. The number of rotatable bonds is 2. The molecule has 0 aliphatic carbocycles. The molecule has 53 heavy (non-hydrogen) atoms. The van der Waals surface area contributed by atoms with Gasteiger partial charge in [-0.05, 0) is 71.3 Å². The van der Waals surface area contributed by atoms with Gasteiger partial charge in [-0.3, -0.25) is 0 Å². The van der Waals surface area contributed by atoms with Crippen LogP contribution in [0.5, 0.6) is 17.2 Å². The molecule has 11 aromatic rings. The predicted octanol–water partition coefficient (Wildman–Crippen LogP) is 10.9. The minimum Gasteiger partial charge on any atom is -0.551 e. The zero-order valence-electron chi connectivity index (χ0n) is 28.4. The summed E-state index contributed by atoms with van der Waals surface area (Å²) in [6, 6.07) is 59.1. The van der Waals surface area contributed by atoms with E-state index in [1.54, 1.807) is 0 Å². The van der Waals surface area contributed by atoms with Gasteiger partial charge in [0.15, 0.2) is 0 Å². The van der Waals surface area contributed by atoms with E-state index in [2.05, 4.69) is 161 Å². The molecule has 0 amide bonds. The first-order chi connectivity index (χ1) is 26.3. The van der Waals surface area contributed by atoms with Crippen molar-refractivity contribution in [2.24, 2.45) is 0 Å². The molecule has 0 atom stereocenters. The second-order valence-corrected chi connectivity index (χ2v) is 14.4. The Bertz CT molecular complexity index is 3240. The average molecular weight is 675 g/mol. The molecular weight excluding hydrogens is 647 g/mol. The van der Waals surface area contributed by atoms with Crippen molar-refractivity contribution in [2.45, 2.75) is 0 Å². The van der Waals surface area contributed by atoms with Gasteiger partial charge in [-0.1, -0.05) is 103 Å². The fourth-order valence-electron chi connectivity index (χ4n) is 9.47. The second-order valence-electron chi connectivity index (χ2n) is 14.4.